The fraction of sp³-hybridized carbons (Fsp3) is 0.406. The van der Waals surface area contributed by atoms with Gasteiger partial charge in [-0.3, -0.25) is 14.3 Å². The van der Waals surface area contributed by atoms with Gasteiger partial charge < -0.3 is 20.1 Å². The van der Waals surface area contributed by atoms with Crippen LogP contribution in [0.4, 0.5) is 37.9 Å². The number of carbonyl (C=O) groups is 1. The van der Waals surface area contributed by atoms with Crippen LogP contribution in [-0.2, 0) is 11.3 Å². The highest BCUT2D eigenvalue weighted by Crippen LogP contribution is 2.40. The molecular weight excluding hydrogens is 565 g/mol. The molecule has 0 fully saturated rings. The molecule has 0 saturated heterocycles. The van der Waals surface area contributed by atoms with Gasteiger partial charge in [0, 0.05) is 49.2 Å². The van der Waals surface area contributed by atoms with Crippen molar-refractivity contribution in [1.82, 2.24) is 19.5 Å². The molecule has 1 unspecified atom stereocenters. The molecule has 0 aliphatic carbocycles. The number of aromatic nitrogens is 4. The highest BCUT2D eigenvalue weighted by Gasteiger charge is 2.33. The molecule has 12 heteroatoms. The average molecular weight is 604 g/mol. The number of aliphatic hydroxyl groups excluding tert-OH is 1. The van der Waals surface area contributed by atoms with E-state index in [-0.39, 0.29) is 11.5 Å². The van der Waals surface area contributed by atoms with Crippen molar-refractivity contribution in [3.8, 4) is 0 Å². The number of amides is 1. The number of hydrogen-bond donors (Lipinski definition) is 2. The number of carbonyl (C=O) groups excluding carboxylic acids is 1. The minimum atomic E-state index is -0.657. The summed E-state index contributed by atoms with van der Waals surface area (Å²) >= 11 is 0. The first-order valence-electron chi connectivity index (χ1n) is 14.8. The standard InChI is InChI=1S/C32H38FN7O4/c1-20-9-8-11-24-27(20)39(31(43)44-32(3,4)5)16-15-38(24)25-17-22-19-35-30(36-23-12-13-34-26(33)18-23)37-28(22)40(29(25)42)14-7-6-10-21(2)41/h8-9,11-13,17-19,21,41H,6-7,10,14-16H2,1-5H3,(H,34,35,36,37). The fourth-order valence-corrected chi connectivity index (χ4v) is 5.32. The summed E-state index contributed by atoms with van der Waals surface area (Å²) in [5.41, 5.74) is 2.68. The van der Waals surface area contributed by atoms with Crippen molar-refractivity contribution in [1.29, 1.82) is 0 Å². The molecule has 1 aliphatic rings. The summed E-state index contributed by atoms with van der Waals surface area (Å²) < 4.78 is 21.0. The van der Waals surface area contributed by atoms with Crippen LogP contribution in [0.1, 0.15) is 52.5 Å². The van der Waals surface area contributed by atoms with Crippen LogP contribution >= 0.6 is 0 Å². The Bertz CT molecular complexity index is 1730. The zero-order chi connectivity index (χ0) is 31.6. The second-order valence-electron chi connectivity index (χ2n) is 12.0. The Balaban J connectivity index is 1.58. The maximum atomic E-state index is 14.3. The molecular formula is C32H38FN7O4. The minimum Gasteiger partial charge on any atom is -0.443 e. The highest BCUT2D eigenvalue weighted by atomic mass is 19.1. The maximum absolute atomic E-state index is 14.3. The van der Waals surface area contributed by atoms with Gasteiger partial charge in [0.2, 0.25) is 11.9 Å². The zero-order valence-electron chi connectivity index (χ0n) is 25.7. The van der Waals surface area contributed by atoms with Crippen molar-refractivity contribution in [2.45, 2.75) is 72.1 Å². The van der Waals surface area contributed by atoms with Crippen LogP contribution in [-0.4, -0.2) is 55.5 Å². The molecule has 1 amide bonds. The molecule has 1 aromatic carbocycles. The minimum absolute atomic E-state index is 0.208. The summed E-state index contributed by atoms with van der Waals surface area (Å²) in [7, 11) is 0. The molecule has 4 heterocycles. The number of nitrogens with one attached hydrogen (secondary N) is 1. The van der Waals surface area contributed by atoms with Crippen molar-refractivity contribution in [3.63, 3.8) is 0 Å². The number of rotatable bonds is 8. The molecule has 1 aliphatic heterocycles. The van der Waals surface area contributed by atoms with E-state index in [1.54, 1.807) is 34.7 Å². The number of aryl methyl sites for hydroxylation is 2. The third-order valence-corrected chi connectivity index (χ3v) is 7.27. The third-order valence-electron chi connectivity index (χ3n) is 7.27. The number of benzene rings is 1. The first kappa shape index (κ1) is 30.9. The Labute approximate surface area is 255 Å². The number of anilines is 5. The Morgan fingerprint density at radius 1 is 1.14 bits per heavy atom. The molecule has 0 spiro atoms. The number of unbranched alkanes of at least 4 members (excludes halogenated alkanes) is 1. The van der Waals surface area contributed by atoms with Crippen molar-refractivity contribution in [2.75, 3.05) is 28.2 Å². The van der Waals surface area contributed by atoms with Crippen molar-refractivity contribution in [2.24, 2.45) is 0 Å². The van der Waals surface area contributed by atoms with Gasteiger partial charge in [0.1, 0.15) is 16.9 Å². The number of aliphatic hydroxyl groups is 1. The van der Waals surface area contributed by atoms with Gasteiger partial charge in [-0.25, -0.2) is 14.8 Å². The molecule has 44 heavy (non-hydrogen) atoms. The largest absolute Gasteiger partial charge is 0.443 e. The first-order chi connectivity index (χ1) is 20.9. The zero-order valence-corrected chi connectivity index (χ0v) is 25.7. The van der Waals surface area contributed by atoms with Crippen molar-refractivity contribution < 1.29 is 19.0 Å². The Morgan fingerprint density at radius 3 is 2.66 bits per heavy atom. The Morgan fingerprint density at radius 2 is 1.93 bits per heavy atom. The van der Waals surface area contributed by atoms with E-state index in [2.05, 4.69) is 20.3 Å². The molecule has 0 radical (unpaired) electrons. The van der Waals surface area contributed by atoms with E-state index < -0.39 is 23.7 Å². The van der Waals surface area contributed by atoms with E-state index in [1.807, 2.05) is 50.8 Å². The van der Waals surface area contributed by atoms with E-state index in [4.69, 9.17) is 4.74 Å². The number of nitrogens with zero attached hydrogens (tertiary/aromatic N) is 6. The smallest absolute Gasteiger partial charge is 0.414 e. The Hall–Kier alpha value is -4.58. The van der Waals surface area contributed by atoms with Gasteiger partial charge in [0.05, 0.1) is 17.5 Å². The molecule has 1 atom stereocenters. The molecule has 0 saturated carbocycles. The summed E-state index contributed by atoms with van der Waals surface area (Å²) in [6.07, 6.45) is 4.07. The van der Waals surface area contributed by atoms with Gasteiger partial charge in [0.25, 0.3) is 5.56 Å². The number of pyridine rings is 2. The van der Waals surface area contributed by atoms with Gasteiger partial charge in [-0.1, -0.05) is 12.1 Å². The summed E-state index contributed by atoms with van der Waals surface area (Å²) in [6.45, 7) is 10.2. The van der Waals surface area contributed by atoms with Crippen molar-refractivity contribution in [3.05, 3.63) is 70.7 Å². The van der Waals surface area contributed by atoms with Crippen LogP contribution in [0.3, 0.4) is 0 Å². The topological polar surface area (TPSA) is 126 Å². The predicted octanol–water partition coefficient (Wildman–Crippen LogP) is 5.82. The Kier molecular flexibility index (Phi) is 8.82. The number of hydrogen-bond acceptors (Lipinski definition) is 9. The van der Waals surface area contributed by atoms with Gasteiger partial charge in [-0.2, -0.15) is 9.37 Å². The van der Waals surface area contributed by atoms with Crippen LogP contribution in [0.5, 0.6) is 0 Å². The van der Waals surface area contributed by atoms with Crippen LogP contribution < -0.4 is 20.7 Å². The molecule has 3 aromatic heterocycles. The number of fused-ring (bicyclic) bond motifs is 2. The van der Waals surface area contributed by atoms with Crippen molar-refractivity contribution >= 4 is 45.8 Å². The van der Waals surface area contributed by atoms with E-state index in [9.17, 15) is 19.1 Å². The fourth-order valence-electron chi connectivity index (χ4n) is 5.32. The monoisotopic (exact) mass is 603 g/mol. The van der Waals surface area contributed by atoms with Crippen LogP contribution in [0, 0.1) is 12.9 Å². The van der Waals surface area contributed by atoms with E-state index in [0.29, 0.717) is 60.6 Å². The van der Waals surface area contributed by atoms with Gasteiger partial charge in [-0.05, 0) is 77.6 Å². The summed E-state index contributed by atoms with van der Waals surface area (Å²) in [4.78, 5) is 43.7. The molecule has 11 nitrogen and oxygen atoms in total. The summed E-state index contributed by atoms with van der Waals surface area (Å²) in [5, 5.41) is 13.4. The maximum Gasteiger partial charge on any atom is 0.414 e. The average Bonchev–Trinajstić information content (AvgIpc) is 2.95. The van der Waals surface area contributed by atoms with Crippen LogP contribution in [0.2, 0.25) is 0 Å². The summed E-state index contributed by atoms with van der Waals surface area (Å²) in [6, 6.07) is 10.3. The van der Waals surface area contributed by atoms with E-state index in [0.717, 1.165) is 17.7 Å². The molecule has 0 bridgehead atoms. The highest BCUT2D eigenvalue weighted by molar-refractivity contribution is 5.97. The van der Waals surface area contributed by atoms with E-state index in [1.165, 1.54) is 12.3 Å². The van der Waals surface area contributed by atoms with Gasteiger partial charge >= 0.3 is 6.09 Å². The molecule has 5 rings (SSSR count). The number of ether oxygens (including phenoxy) is 1. The van der Waals surface area contributed by atoms with Gasteiger partial charge in [-0.15, -0.1) is 0 Å². The lowest BCUT2D eigenvalue weighted by molar-refractivity contribution is 0.0580. The second-order valence-corrected chi connectivity index (χ2v) is 12.0. The molecule has 2 N–H and O–H groups in total. The second kappa shape index (κ2) is 12.6. The lowest BCUT2D eigenvalue weighted by atomic mass is 10.1. The van der Waals surface area contributed by atoms with Gasteiger partial charge in [0.15, 0.2) is 0 Å². The van der Waals surface area contributed by atoms with Crippen LogP contribution in [0.15, 0.2) is 53.6 Å². The predicted molar refractivity (Wildman–Crippen MR) is 169 cm³/mol. The SMILES string of the molecule is Cc1cccc2c1N(C(=O)OC(C)(C)C)CCN2c1cc2cnc(Nc3ccnc(F)c3)nc2n(CCCCC(C)O)c1=O. The number of para-hydroxylation sites is 1. The third kappa shape index (κ3) is 6.80. The first-order valence-corrected chi connectivity index (χ1v) is 14.8. The quantitative estimate of drug-likeness (QED) is 0.189. The lowest BCUT2D eigenvalue weighted by Gasteiger charge is -2.39. The van der Waals surface area contributed by atoms with E-state index >= 15 is 0 Å². The molecule has 232 valence electrons. The molecule has 4 aromatic rings. The number of halogens is 1. The summed E-state index contributed by atoms with van der Waals surface area (Å²) in [5.74, 6) is -0.433. The normalized spacial score (nSPS) is 14.0. The lowest BCUT2D eigenvalue weighted by Crippen LogP contribution is -2.46. The van der Waals surface area contributed by atoms with Crippen LogP contribution in [0.25, 0.3) is 11.0 Å².